The lowest BCUT2D eigenvalue weighted by Crippen LogP contribution is -2.29. The van der Waals surface area contributed by atoms with E-state index in [0.29, 0.717) is 67.7 Å². The zero-order valence-electron chi connectivity index (χ0n) is 39.9. The van der Waals surface area contributed by atoms with Crippen LogP contribution >= 0.6 is 0 Å². The van der Waals surface area contributed by atoms with E-state index in [-0.39, 0.29) is 56.4 Å². The number of nitrogens with zero attached hydrogens (tertiary/aromatic N) is 5. The molecule has 0 atom stereocenters. The van der Waals surface area contributed by atoms with Gasteiger partial charge in [-0.2, -0.15) is 5.26 Å². The van der Waals surface area contributed by atoms with Crippen molar-refractivity contribution in [1.82, 2.24) is 20.3 Å². The van der Waals surface area contributed by atoms with Crippen molar-refractivity contribution in [2.24, 2.45) is 0 Å². The summed E-state index contributed by atoms with van der Waals surface area (Å²) >= 11 is 0. The van der Waals surface area contributed by atoms with Crippen molar-refractivity contribution in [3.63, 3.8) is 0 Å². The van der Waals surface area contributed by atoms with E-state index in [4.69, 9.17) is 14.1 Å². The van der Waals surface area contributed by atoms with Gasteiger partial charge in [0.25, 0.3) is 11.8 Å². The van der Waals surface area contributed by atoms with Gasteiger partial charge in [0.1, 0.15) is 39.9 Å². The lowest BCUT2D eigenvalue weighted by molar-refractivity contribution is -0.120. The minimum atomic E-state index is -1.27. The van der Waals surface area contributed by atoms with Gasteiger partial charge in [0, 0.05) is 87.9 Å². The van der Waals surface area contributed by atoms with Crippen molar-refractivity contribution in [3.8, 4) is 80.0 Å². The SMILES string of the molecule is CC(=O)NCc1cn(-c2ccc(C#CC#N)cc2)nn1.O=C(O)c1cc(N2C(=O)C=CC2=O)ccc1-c1c2ccc(=O)cc-2oc2cc(O)ccc12.O=C(O)c1ccccc1-c1c2ccc(=O)cc-2oc2cc(O)ccc12. The van der Waals surface area contributed by atoms with Crippen LogP contribution in [0.5, 0.6) is 11.5 Å². The van der Waals surface area contributed by atoms with Crippen LogP contribution in [0.3, 0.4) is 0 Å². The van der Waals surface area contributed by atoms with Crippen molar-refractivity contribution >= 4 is 57.3 Å². The Kier molecular flexibility index (Phi) is 14.0. The molecule has 0 radical (unpaired) electrons. The largest absolute Gasteiger partial charge is 0.508 e. The van der Waals surface area contributed by atoms with Crippen molar-refractivity contribution in [2.75, 3.05) is 4.90 Å². The molecule has 4 heterocycles. The first-order chi connectivity index (χ1) is 37.1. The van der Waals surface area contributed by atoms with E-state index in [9.17, 15) is 54.0 Å². The summed E-state index contributed by atoms with van der Waals surface area (Å²) in [5.74, 6) is 2.01. The maximum absolute atomic E-state index is 12.2. The van der Waals surface area contributed by atoms with Gasteiger partial charge in [-0.25, -0.2) is 19.2 Å². The first-order valence-corrected chi connectivity index (χ1v) is 22.9. The molecule has 19 heteroatoms. The highest BCUT2D eigenvalue weighted by Gasteiger charge is 2.29. The maximum Gasteiger partial charge on any atom is 0.336 e. The first-order valence-electron chi connectivity index (χ1n) is 22.9. The normalized spacial score (nSPS) is 11.6. The van der Waals surface area contributed by atoms with Crippen LogP contribution in [0, 0.1) is 23.2 Å². The molecular weight excluding hydrogens is 989 g/mol. The van der Waals surface area contributed by atoms with Crippen molar-refractivity contribution in [1.29, 1.82) is 5.26 Å². The number of fused-ring (bicyclic) bond motifs is 4. The van der Waals surface area contributed by atoms with Crippen molar-refractivity contribution in [2.45, 2.75) is 13.5 Å². The van der Waals surface area contributed by atoms with Gasteiger partial charge in [-0.3, -0.25) is 24.0 Å². The number of amides is 3. The summed E-state index contributed by atoms with van der Waals surface area (Å²) in [6.45, 7) is 1.80. The van der Waals surface area contributed by atoms with Gasteiger partial charge in [0.15, 0.2) is 16.9 Å². The predicted molar refractivity (Wildman–Crippen MR) is 279 cm³/mol. The standard InChI is InChI=1S/C24H13NO7.C20H12O5.C14H11N5O/c26-13-2-5-16-19(10-13)32-20-11-14(27)3-6-17(20)23(16)15-4-1-12(9-18(15)24(30)31)25-21(28)7-8-22(25)29;21-11-5-7-15-17(9-11)25-18-10-12(22)6-8-16(18)19(15)13-3-1-2-4-14(13)20(23)24;1-11(20)16-9-13-10-19(18-17-13)14-6-4-12(5-7-14)3-2-8-15/h1-11,26H,(H,30,31);1-10,21H,(H,23,24);4-7,10H,9H2,1H3,(H,16,20). The van der Waals surface area contributed by atoms with Gasteiger partial charge in [0.05, 0.1) is 35.2 Å². The summed E-state index contributed by atoms with van der Waals surface area (Å²) in [5, 5.41) is 59.3. The van der Waals surface area contributed by atoms with Crippen LogP contribution in [0.4, 0.5) is 5.69 Å². The van der Waals surface area contributed by atoms with Crippen LogP contribution < -0.4 is 21.1 Å². The maximum atomic E-state index is 12.2. The number of anilines is 1. The predicted octanol–water partition coefficient (Wildman–Crippen LogP) is 8.15. The van der Waals surface area contributed by atoms with Gasteiger partial charge in [-0.05, 0) is 102 Å². The third-order valence-corrected chi connectivity index (χ3v) is 11.8. The average Bonchev–Trinajstić information content (AvgIpc) is 4.08. The number of hydrogen-bond acceptors (Lipinski definition) is 14. The molecule has 3 amide bonds. The quantitative estimate of drug-likeness (QED) is 0.0545. The third-order valence-electron chi connectivity index (χ3n) is 11.8. The molecule has 0 saturated carbocycles. The molecule has 0 saturated heterocycles. The fourth-order valence-corrected chi connectivity index (χ4v) is 8.43. The number of aromatic nitrogens is 3. The number of benzene rings is 7. The molecule has 19 nitrogen and oxygen atoms in total. The Morgan fingerprint density at radius 2 is 1.16 bits per heavy atom. The summed E-state index contributed by atoms with van der Waals surface area (Å²) in [6, 6.07) is 37.5. The van der Waals surface area contributed by atoms with Crippen LogP contribution in [0.15, 0.2) is 176 Å². The Hall–Kier alpha value is -11.4. The van der Waals surface area contributed by atoms with Crippen molar-refractivity contribution < 1.29 is 53.2 Å². The smallest absolute Gasteiger partial charge is 0.336 e. The minimum absolute atomic E-state index is 0.0198. The summed E-state index contributed by atoms with van der Waals surface area (Å²) in [7, 11) is 0. The Bertz CT molecular complexity index is 4230. The molecule has 3 aliphatic heterocycles. The highest BCUT2D eigenvalue weighted by molar-refractivity contribution is 6.28. The monoisotopic (exact) mass is 1020 g/mol. The van der Waals surface area contributed by atoms with E-state index in [1.54, 1.807) is 71.5 Å². The number of aromatic carboxylic acids is 2. The number of nitriles is 1. The molecule has 77 heavy (non-hydrogen) atoms. The highest BCUT2D eigenvalue weighted by atomic mass is 16.4. The second kappa shape index (κ2) is 21.3. The van der Waals surface area contributed by atoms with Gasteiger partial charge >= 0.3 is 11.9 Å². The molecule has 0 spiro atoms. The number of carboxylic acid groups (broad SMARTS) is 2. The number of carbonyl (C=O) groups excluding carboxylic acids is 3. The number of carbonyl (C=O) groups is 5. The third kappa shape index (κ3) is 10.7. The molecule has 0 unspecified atom stereocenters. The van der Waals surface area contributed by atoms with E-state index in [0.717, 1.165) is 28.3 Å². The molecule has 6 aromatic rings. The Morgan fingerprint density at radius 3 is 1.70 bits per heavy atom. The fourth-order valence-electron chi connectivity index (χ4n) is 8.43. The molecule has 0 fully saturated rings. The topological polar surface area (TPSA) is 296 Å². The average molecular weight is 1020 g/mol. The van der Waals surface area contributed by atoms with E-state index in [1.165, 1.54) is 79.7 Å². The number of rotatable bonds is 8. The van der Waals surface area contributed by atoms with Crippen molar-refractivity contribution in [3.05, 3.63) is 201 Å². The second-order valence-corrected chi connectivity index (χ2v) is 16.8. The summed E-state index contributed by atoms with van der Waals surface area (Å²) < 4.78 is 13.2. The summed E-state index contributed by atoms with van der Waals surface area (Å²) in [6.07, 6.45) is 3.97. The molecule has 5 N–H and O–H groups in total. The van der Waals surface area contributed by atoms with Gasteiger partial charge in [-0.1, -0.05) is 35.4 Å². The minimum Gasteiger partial charge on any atom is -0.508 e. The zero-order valence-corrected chi connectivity index (χ0v) is 39.9. The van der Waals surface area contributed by atoms with Gasteiger partial charge < -0.3 is 34.6 Å². The van der Waals surface area contributed by atoms with E-state index in [1.807, 2.05) is 12.1 Å². The number of phenols is 2. The van der Waals surface area contributed by atoms with Gasteiger partial charge in [-0.15, -0.1) is 5.10 Å². The first kappa shape index (κ1) is 50.5. The molecule has 2 aliphatic carbocycles. The number of phenolic OH excluding ortho intramolecular Hbond substituents is 2. The molecular formula is C58H36N6O13. The number of carboxylic acids is 2. The molecule has 0 bridgehead atoms. The molecule has 5 aliphatic rings. The second-order valence-electron chi connectivity index (χ2n) is 16.8. The lowest BCUT2D eigenvalue weighted by atomic mass is 9.90. The molecule has 5 aromatic carbocycles. The Morgan fingerprint density at radius 1 is 0.623 bits per heavy atom. The Labute approximate surface area is 433 Å². The number of aromatic hydroxyl groups is 2. The number of nitrogens with one attached hydrogen (secondary N) is 1. The lowest BCUT2D eigenvalue weighted by Gasteiger charge is -2.19. The van der Waals surface area contributed by atoms with Crippen LogP contribution in [0.1, 0.15) is 38.9 Å². The van der Waals surface area contributed by atoms with Crippen LogP contribution in [0.25, 0.3) is 72.5 Å². The number of hydrogen-bond donors (Lipinski definition) is 5. The van der Waals surface area contributed by atoms with Crippen LogP contribution in [0.2, 0.25) is 0 Å². The zero-order chi connectivity index (χ0) is 54.5. The molecule has 11 rings (SSSR count). The van der Waals surface area contributed by atoms with Crippen LogP contribution in [-0.2, 0) is 20.9 Å². The Balaban J connectivity index is 0.000000145. The van der Waals surface area contributed by atoms with E-state index in [2.05, 4.69) is 27.5 Å². The molecule has 376 valence electrons. The number of imide groups is 1. The highest BCUT2D eigenvalue weighted by Crippen LogP contribution is 2.44. The van der Waals surface area contributed by atoms with E-state index < -0.39 is 23.8 Å². The van der Waals surface area contributed by atoms with Crippen LogP contribution in [-0.4, -0.2) is 65.1 Å². The summed E-state index contributed by atoms with van der Waals surface area (Å²) in [5.41, 5.74) is 5.56. The fraction of sp³-hybridized carbons (Fsp3) is 0.0345. The van der Waals surface area contributed by atoms with E-state index >= 15 is 0 Å². The molecule has 1 aromatic heterocycles. The summed E-state index contributed by atoms with van der Waals surface area (Å²) in [4.78, 5) is 83.2. The van der Waals surface area contributed by atoms with Gasteiger partial charge in [0.2, 0.25) is 5.91 Å².